The minimum atomic E-state index is -3.80. The van der Waals surface area contributed by atoms with Gasteiger partial charge < -0.3 is 15.4 Å². The molecule has 2 rings (SSSR count). The van der Waals surface area contributed by atoms with Gasteiger partial charge in [0.1, 0.15) is 11.5 Å². The first-order chi connectivity index (χ1) is 8.38. The molecule has 18 heavy (non-hydrogen) atoms. The molecule has 8 heteroatoms. The summed E-state index contributed by atoms with van der Waals surface area (Å²) in [6, 6.07) is 5.05. The van der Waals surface area contributed by atoms with Crippen molar-refractivity contribution >= 4 is 21.5 Å². The number of nitrogens with two attached hydrogens (primary N) is 1. The molecule has 0 aliphatic carbocycles. The summed E-state index contributed by atoms with van der Waals surface area (Å²) in [5, 5.41) is 12.8. The lowest BCUT2D eigenvalue weighted by molar-refractivity contribution is 0.400. The Morgan fingerprint density at radius 2 is 2.11 bits per heavy atom. The Kier molecular flexibility index (Phi) is 2.87. The van der Waals surface area contributed by atoms with Gasteiger partial charge in [-0.15, -0.1) is 0 Å². The van der Waals surface area contributed by atoms with Gasteiger partial charge in [-0.2, -0.15) is 0 Å². The van der Waals surface area contributed by atoms with E-state index in [1.165, 1.54) is 18.2 Å². The number of phenolic OH excluding ortho intramolecular Hbond substituents is 1. The Balaban J connectivity index is 2.33. The zero-order valence-electron chi connectivity index (χ0n) is 9.41. The average Bonchev–Trinajstić information content (AvgIpc) is 2.67. The van der Waals surface area contributed by atoms with Gasteiger partial charge in [0.15, 0.2) is 5.82 Å². The Morgan fingerprint density at radius 1 is 1.39 bits per heavy atom. The van der Waals surface area contributed by atoms with E-state index >= 15 is 0 Å². The van der Waals surface area contributed by atoms with Crippen molar-refractivity contribution < 1.29 is 18.0 Å². The first kappa shape index (κ1) is 12.2. The summed E-state index contributed by atoms with van der Waals surface area (Å²) in [5.74, 6) is 0.392. The van der Waals surface area contributed by atoms with E-state index in [1.807, 2.05) is 0 Å². The maximum Gasteiger partial charge on any atom is 0.263 e. The molecule has 0 saturated carbocycles. The molecular formula is C10H11N3O4S. The molecule has 0 radical (unpaired) electrons. The molecule has 4 N–H and O–H groups in total. The summed E-state index contributed by atoms with van der Waals surface area (Å²) >= 11 is 0. The number of anilines is 2. The van der Waals surface area contributed by atoms with E-state index in [1.54, 1.807) is 6.92 Å². The number of nitrogen functional groups attached to an aromatic ring is 1. The van der Waals surface area contributed by atoms with Crippen molar-refractivity contribution in [2.75, 3.05) is 10.5 Å². The fourth-order valence-electron chi connectivity index (χ4n) is 1.31. The van der Waals surface area contributed by atoms with Crippen LogP contribution in [0.2, 0.25) is 0 Å². The zero-order valence-corrected chi connectivity index (χ0v) is 10.2. The monoisotopic (exact) mass is 269 g/mol. The number of aromatic nitrogens is 1. The van der Waals surface area contributed by atoms with Crippen LogP contribution in [0.1, 0.15) is 5.76 Å². The molecule has 96 valence electrons. The molecule has 0 amide bonds. The number of hydrogen-bond acceptors (Lipinski definition) is 6. The minimum Gasteiger partial charge on any atom is -0.506 e. The molecule has 0 saturated heterocycles. The van der Waals surface area contributed by atoms with Gasteiger partial charge in [0.25, 0.3) is 10.0 Å². The normalized spacial score (nSPS) is 11.4. The van der Waals surface area contributed by atoms with E-state index in [-0.39, 0.29) is 22.2 Å². The van der Waals surface area contributed by atoms with Crippen molar-refractivity contribution in [1.82, 2.24) is 5.16 Å². The zero-order chi connectivity index (χ0) is 13.3. The highest BCUT2D eigenvalue weighted by Gasteiger charge is 2.17. The van der Waals surface area contributed by atoms with Crippen LogP contribution in [0, 0.1) is 6.92 Å². The Labute approximate surface area is 103 Å². The Bertz CT molecular complexity index is 678. The van der Waals surface area contributed by atoms with Crippen molar-refractivity contribution in [2.45, 2.75) is 11.8 Å². The summed E-state index contributed by atoms with van der Waals surface area (Å²) in [7, 11) is -3.80. The fraction of sp³-hybridized carbons (Fsp3) is 0.100. The van der Waals surface area contributed by atoms with Gasteiger partial charge >= 0.3 is 0 Å². The second kappa shape index (κ2) is 4.22. The smallest absolute Gasteiger partial charge is 0.263 e. The summed E-state index contributed by atoms with van der Waals surface area (Å²) in [6.45, 7) is 1.64. The number of benzene rings is 1. The van der Waals surface area contributed by atoms with Gasteiger partial charge in [0.05, 0.1) is 10.6 Å². The van der Waals surface area contributed by atoms with E-state index in [2.05, 4.69) is 9.88 Å². The Hall–Kier alpha value is -2.22. The minimum absolute atomic E-state index is 0.0193. The number of rotatable bonds is 3. The van der Waals surface area contributed by atoms with Gasteiger partial charge in [-0.25, -0.2) is 8.42 Å². The van der Waals surface area contributed by atoms with Crippen LogP contribution in [0.3, 0.4) is 0 Å². The quantitative estimate of drug-likeness (QED) is 0.566. The van der Waals surface area contributed by atoms with E-state index < -0.39 is 10.0 Å². The highest BCUT2D eigenvalue weighted by molar-refractivity contribution is 7.92. The van der Waals surface area contributed by atoms with Crippen molar-refractivity contribution in [3.8, 4) is 5.75 Å². The highest BCUT2D eigenvalue weighted by Crippen LogP contribution is 2.24. The second-order valence-corrected chi connectivity index (χ2v) is 5.33. The molecule has 0 aliphatic rings. The van der Waals surface area contributed by atoms with Crippen molar-refractivity contribution in [3.05, 3.63) is 30.0 Å². The van der Waals surface area contributed by atoms with Gasteiger partial charge in [0.2, 0.25) is 0 Å². The van der Waals surface area contributed by atoms with E-state index in [0.717, 1.165) is 6.07 Å². The lowest BCUT2D eigenvalue weighted by Crippen LogP contribution is -2.13. The maximum atomic E-state index is 11.9. The number of aryl methyl sites for hydroxylation is 1. The Morgan fingerprint density at radius 3 is 2.67 bits per heavy atom. The van der Waals surface area contributed by atoms with Gasteiger partial charge in [-0.05, 0) is 25.1 Å². The van der Waals surface area contributed by atoms with Crippen LogP contribution < -0.4 is 10.5 Å². The van der Waals surface area contributed by atoms with Crippen LogP contribution in [0.25, 0.3) is 0 Å². The first-order valence-electron chi connectivity index (χ1n) is 4.93. The predicted octanol–water partition coefficient (Wildman–Crippen LogP) is 1.07. The molecule has 0 atom stereocenters. The summed E-state index contributed by atoms with van der Waals surface area (Å²) in [5.41, 5.74) is 5.42. The molecule has 1 aromatic heterocycles. The standard InChI is InChI=1S/C10H11N3O4S/c1-6-4-10(12-17-6)13-18(15,16)7-2-3-9(14)8(11)5-7/h2-5,14H,11H2,1H3,(H,12,13). The number of phenols is 1. The van der Waals surface area contributed by atoms with Crippen molar-refractivity contribution in [2.24, 2.45) is 0 Å². The molecule has 0 fully saturated rings. The van der Waals surface area contributed by atoms with E-state index in [9.17, 15) is 13.5 Å². The molecular weight excluding hydrogens is 258 g/mol. The molecule has 2 aromatic rings. The third kappa shape index (κ3) is 2.38. The fourth-order valence-corrected chi connectivity index (χ4v) is 2.33. The molecule has 1 aromatic carbocycles. The maximum absolute atomic E-state index is 11.9. The van der Waals surface area contributed by atoms with Gasteiger partial charge in [0, 0.05) is 6.07 Å². The number of sulfonamides is 1. The lowest BCUT2D eigenvalue weighted by atomic mass is 10.3. The molecule has 0 spiro atoms. The SMILES string of the molecule is Cc1cc(NS(=O)(=O)c2ccc(O)c(N)c2)no1. The van der Waals surface area contributed by atoms with Crippen LogP contribution in [-0.2, 0) is 10.0 Å². The molecule has 0 bridgehead atoms. The number of nitrogens with one attached hydrogen (secondary N) is 1. The molecule has 0 unspecified atom stereocenters. The predicted molar refractivity (Wildman–Crippen MR) is 64.6 cm³/mol. The topological polar surface area (TPSA) is 118 Å². The summed E-state index contributed by atoms with van der Waals surface area (Å²) in [4.78, 5) is -0.0709. The first-order valence-corrected chi connectivity index (χ1v) is 6.41. The van der Waals surface area contributed by atoms with Crippen LogP contribution >= 0.6 is 0 Å². The number of hydrogen-bond donors (Lipinski definition) is 3. The highest BCUT2D eigenvalue weighted by atomic mass is 32.2. The molecule has 7 nitrogen and oxygen atoms in total. The second-order valence-electron chi connectivity index (χ2n) is 3.65. The number of aromatic hydroxyl groups is 1. The third-order valence-electron chi connectivity index (χ3n) is 2.18. The van der Waals surface area contributed by atoms with Crippen molar-refractivity contribution in [3.63, 3.8) is 0 Å². The average molecular weight is 269 g/mol. The summed E-state index contributed by atoms with van der Waals surface area (Å²) in [6.07, 6.45) is 0. The molecule has 0 aliphatic heterocycles. The van der Waals surface area contributed by atoms with Crippen molar-refractivity contribution in [1.29, 1.82) is 0 Å². The molecule has 1 heterocycles. The lowest BCUT2D eigenvalue weighted by Gasteiger charge is -2.06. The third-order valence-corrected chi connectivity index (χ3v) is 3.53. The van der Waals surface area contributed by atoms with Crippen LogP contribution in [0.15, 0.2) is 33.7 Å². The van der Waals surface area contributed by atoms with Crippen LogP contribution in [0.5, 0.6) is 5.75 Å². The van der Waals surface area contributed by atoms with E-state index in [0.29, 0.717) is 5.76 Å². The summed E-state index contributed by atoms with van der Waals surface area (Å²) < 4.78 is 30.9. The van der Waals surface area contributed by atoms with E-state index in [4.69, 9.17) is 10.3 Å². The van der Waals surface area contributed by atoms with Crippen LogP contribution in [-0.4, -0.2) is 18.7 Å². The van der Waals surface area contributed by atoms with Gasteiger partial charge in [-0.1, -0.05) is 5.16 Å². The van der Waals surface area contributed by atoms with Gasteiger partial charge in [-0.3, -0.25) is 4.72 Å². The van der Waals surface area contributed by atoms with Crippen LogP contribution in [0.4, 0.5) is 11.5 Å². The number of nitrogens with zero attached hydrogens (tertiary/aromatic N) is 1. The largest absolute Gasteiger partial charge is 0.506 e.